The zero-order valence-corrected chi connectivity index (χ0v) is 26.3. The second-order valence-corrected chi connectivity index (χ2v) is 12.3. The molecule has 0 saturated heterocycles. The summed E-state index contributed by atoms with van der Waals surface area (Å²) in [5.74, 6) is 0. The zero-order valence-electron chi connectivity index (χ0n) is 31.3. The molecule has 228 valence electrons. The Hall–Kier alpha value is -6.51. The summed E-state index contributed by atoms with van der Waals surface area (Å²) in [5.41, 5.74) is 8.38. The van der Waals surface area contributed by atoms with E-state index in [1.54, 1.807) is 6.20 Å². The summed E-state index contributed by atoms with van der Waals surface area (Å²) in [6.45, 7) is 0. The first kappa shape index (κ1) is 22.9. The van der Waals surface area contributed by atoms with Crippen molar-refractivity contribution in [2.75, 3.05) is 0 Å². The Morgan fingerprint density at radius 1 is 0.429 bits per heavy atom. The predicted molar refractivity (Wildman–Crippen MR) is 207 cm³/mol. The number of hydrogen-bond acceptors (Lipinski definition) is 1. The third-order valence-corrected chi connectivity index (χ3v) is 9.76. The molecule has 2 heterocycles. The maximum absolute atomic E-state index is 8.63. The van der Waals surface area contributed by atoms with Crippen molar-refractivity contribution in [2.45, 2.75) is 0 Å². The average molecular weight is 628 g/mol. The van der Waals surface area contributed by atoms with Crippen molar-refractivity contribution in [3.05, 3.63) is 182 Å². The average Bonchev–Trinajstić information content (AvgIpc) is 3.55. The van der Waals surface area contributed by atoms with Gasteiger partial charge >= 0.3 is 0 Å². The van der Waals surface area contributed by atoms with Crippen molar-refractivity contribution < 1.29 is 6.85 Å². The van der Waals surface area contributed by atoms with Gasteiger partial charge in [0.05, 0.1) is 23.6 Å². The Labute approximate surface area is 291 Å². The van der Waals surface area contributed by atoms with Crippen LogP contribution in [0.2, 0.25) is 0 Å². The van der Waals surface area contributed by atoms with Crippen LogP contribution in [0.3, 0.4) is 0 Å². The summed E-state index contributed by atoms with van der Waals surface area (Å²) >= 11 is 0. The van der Waals surface area contributed by atoms with E-state index in [2.05, 4.69) is 125 Å². The molecule has 0 N–H and O–H groups in total. The molecule has 10 aromatic rings. The van der Waals surface area contributed by atoms with Crippen LogP contribution in [0.5, 0.6) is 0 Å². The Balaban J connectivity index is 1.25. The van der Waals surface area contributed by atoms with Gasteiger partial charge in [-0.1, -0.05) is 145 Å². The first-order valence-electron chi connectivity index (χ1n) is 18.9. The van der Waals surface area contributed by atoms with Gasteiger partial charge in [-0.2, -0.15) is 0 Å². The molecule has 2 heteroatoms. The van der Waals surface area contributed by atoms with E-state index in [0.717, 1.165) is 43.8 Å². The first-order chi connectivity index (χ1) is 26.4. The van der Waals surface area contributed by atoms with E-state index >= 15 is 0 Å². The second-order valence-electron chi connectivity index (χ2n) is 12.3. The highest BCUT2D eigenvalue weighted by Crippen LogP contribution is 2.46. The number of hydrogen-bond donors (Lipinski definition) is 0. The minimum atomic E-state index is -0.404. The van der Waals surface area contributed by atoms with Crippen LogP contribution >= 0.6 is 0 Å². The summed E-state index contributed by atoms with van der Waals surface area (Å²) in [6.07, 6.45) is 3.63. The third kappa shape index (κ3) is 4.24. The van der Waals surface area contributed by atoms with Gasteiger partial charge in [0.1, 0.15) is 0 Å². The lowest BCUT2D eigenvalue weighted by Gasteiger charge is -2.20. The van der Waals surface area contributed by atoms with Crippen LogP contribution in [0.1, 0.15) is 6.85 Å². The SMILES string of the molecule is [2H]c1c([2H])c([2H])c(-c2ccc3c(c2)c2cnccc2n3-c2ccc(-c3c4ccccc4c(-c4ccccc4)c4ccccc34)c3ccccc23)c([2H])c1[2H]. The molecule has 0 saturated carbocycles. The van der Waals surface area contributed by atoms with Crippen LogP contribution in [0.4, 0.5) is 0 Å². The number of fused-ring (bicyclic) bond motifs is 6. The van der Waals surface area contributed by atoms with Gasteiger partial charge < -0.3 is 4.57 Å². The molecule has 8 aromatic carbocycles. The van der Waals surface area contributed by atoms with Crippen molar-refractivity contribution in [1.82, 2.24) is 9.55 Å². The third-order valence-electron chi connectivity index (χ3n) is 9.76. The van der Waals surface area contributed by atoms with E-state index < -0.39 is 6.04 Å². The van der Waals surface area contributed by atoms with E-state index in [-0.39, 0.29) is 29.7 Å². The fourth-order valence-corrected chi connectivity index (χ4v) is 7.71. The molecule has 0 amide bonds. The van der Waals surface area contributed by atoms with Crippen molar-refractivity contribution >= 4 is 54.1 Å². The molecular formula is C47H30N2. The number of pyridine rings is 1. The molecular weight excluding hydrogens is 593 g/mol. The summed E-state index contributed by atoms with van der Waals surface area (Å²) in [6, 6.07) is 47.3. The maximum atomic E-state index is 8.63. The Kier molecular flexibility index (Phi) is 5.16. The normalized spacial score (nSPS) is 13.1. The number of aromatic nitrogens is 2. The lowest BCUT2D eigenvalue weighted by molar-refractivity contribution is 1.19. The van der Waals surface area contributed by atoms with E-state index in [1.165, 1.54) is 38.2 Å². The van der Waals surface area contributed by atoms with Gasteiger partial charge in [-0.25, -0.2) is 0 Å². The fraction of sp³-hybridized carbons (Fsp3) is 0. The van der Waals surface area contributed by atoms with Gasteiger partial charge in [0.15, 0.2) is 0 Å². The zero-order chi connectivity index (χ0) is 36.7. The Morgan fingerprint density at radius 3 is 1.76 bits per heavy atom. The molecule has 0 aliphatic rings. The second kappa shape index (κ2) is 11.0. The largest absolute Gasteiger partial charge is 0.309 e. The van der Waals surface area contributed by atoms with Crippen LogP contribution in [-0.2, 0) is 0 Å². The minimum absolute atomic E-state index is 0.181. The molecule has 0 aliphatic carbocycles. The molecule has 0 atom stereocenters. The quantitative estimate of drug-likeness (QED) is 0.178. The minimum Gasteiger partial charge on any atom is -0.309 e. The number of nitrogens with zero attached hydrogens (tertiary/aromatic N) is 2. The molecule has 10 rings (SSSR count). The van der Waals surface area contributed by atoms with Crippen molar-refractivity contribution in [3.63, 3.8) is 0 Å². The molecule has 0 aliphatic heterocycles. The van der Waals surface area contributed by atoms with Crippen LogP contribution in [0.15, 0.2) is 182 Å². The highest BCUT2D eigenvalue weighted by molar-refractivity contribution is 6.24. The monoisotopic (exact) mass is 627 g/mol. The Morgan fingerprint density at radius 2 is 1.04 bits per heavy atom. The summed E-state index contributed by atoms with van der Waals surface area (Å²) in [4.78, 5) is 4.48. The van der Waals surface area contributed by atoms with Crippen LogP contribution < -0.4 is 0 Å². The summed E-state index contributed by atoms with van der Waals surface area (Å²) in [5, 5.41) is 8.78. The van der Waals surface area contributed by atoms with E-state index in [1.807, 2.05) is 30.5 Å². The number of rotatable bonds is 4. The van der Waals surface area contributed by atoms with Gasteiger partial charge in [0, 0.05) is 28.6 Å². The van der Waals surface area contributed by atoms with Gasteiger partial charge in [-0.3, -0.25) is 4.98 Å². The van der Waals surface area contributed by atoms with Crippen molar-refractivity contribution in [2.24, 2.45) is 0 Å². The number of benzene rings is 8. The summed E-state index contributed by atoms with van der Waals surface area (Å²) in [7, 11) is 0. The van der Waals surface area contributed by atoms with Gasteiger partial charge in [-0.15, -0.1) is 0 Å². The maximum Gasteiger partial charge on any atom is 0.0629 e. The summed E-state index contributed by atoms with van der Waals surface area (Å²) < 4.78 is 44.1. The van der Waals surface area contributed by atoms with Gasteiger partial charge in [0.2, 0.25) is 0 Å². The van der Waals surface area contributed by atoms with Crippen molar-refractivity contribution in [3.8, 4) is 39.1 Å². The van der Waals surface area contributed by atoms with Crippen LogP contribution in [0, 0.1) is 0 Å². The molecule has 0 unspecified atom stereocenters. The molecule has 0 radical (unpaired) electrons. The van der Waals surface area contributed by atoms with Crippen LogP contribution in [0.25, 0.3) is 93.2 Å². The molecule has 0 bridgehead atoms. The topological polar surface area (TPSA) is 17.8 Å². The van der Waals surface area contributed by atoms with Gasteiger partial charge in [-0.05, 0) is 84.6 Å². The van der Waals surface area contributed by atoms with E-state index in [0.29, 0.717) is 5.56 Å². The standard InChI is InChI=1S/C47H30N2/c1-3-13-31(14-4-1)33-23-25-44-41(29-33)42-30-48-28-27-45(42)49(44)43-26-24-40(34-17-7-8-18-35(34)43)47-38-21-11-9-19-36(38)46(32-15-5-2-6-16-32)37-20-10-12-22-39(37)47/h1-30H/i1D,3D,4D,13D,14D. The lowest BCUT2D eigenvalue weighted by atomic mass is 9.84. The molecule has 2 aromatic heterocycles. The lowest BCUT2D eigenvalue weighted by Crippen LogP contribution is -1.97. The van der Waals surface area contributed by atoms with Gasteiger partial charge in [0.25, 0.3) is 0 Å². The van der Waals surface area contributed by atoms with Crippen molar-refractivity contribution in [1.29, 1.82) is 0 Å². The molecule has 0 fully saturated rings. The highest BCUT2D eigenvalue weighted by atomic mass is 15.0. The Bertz CT molecular complexity index is 3080. The smallest absolute Gasteiger partial charge is 0.0629 e. The van der Waals surface area contributed by atoms with E-state index in [4.69, 9.17) is 6.85 Å². The molecule has 49 heavy (non-hydrogen) atoms. The fourth-order valence-electron chi connectivity index (χ4n) is 7.71. The van der Waals surface area contributed by atoms with E-state index in [9.17, 15) is 0 Å². The first-order valence-corrected chi connectivity index (χ1v) is 16.4. The molecule has 0 spiro atoms. The van der Waals surface area contributed by atoms with Crippen LogP contribution in [-0.4, -0.2) is 9.55 Å². The molecule has 2 nitrogen and oxygen atoms in total. The highest BCUT2D eigenvalue weighted by Gasteiger charge is 2.20. The predicted octanol–water partition coefficient (Wildman–Crippen LogP) is 12.6.